The van der Waals surface area contributed by atoms with Crippen molar-refractivity contribution < 1.29 is 14.0 Å². The molecule has 0 atom stereocenters. The van der Waals surface area contributed by atoms with Crippen molar-refractivity contribution in [2.45, 2.75) is 20.3 Å². The Morgan fingerprint density at radius 3 is 2.58 bits per heavy atom. The molecular weight excluding hydrogens is 331 g/mol. The molecule has 0 aliphatic heterocycles. The number of hydrogen-bond donors (Lipinski definition) is 1. The molecule has 0 heterocycles. The molecule has 0 aliphatic carbocycles. The van der Waals surface area contributed by atoms with Crippen LogP contribution in [0.5, 0.6) is 0 Å². The SMILES string of the molecule is CC(=O)N(CCC(=O)Nc1ccc(F)c(Cl)c1)c1cccc(C)c1. The van der Waals surface area contributed by atoms with Crippen LogP contribution in [0.2, 0.25) is 5.02 Å². The van der Waals surface area contributed by atoms with E-state index in [-0.39, 0.29) is 29.8 Å². The van der Waals surface area contributed by atoms with E-state index >= 15 is 0 Å². The first-order valence-corrected chi connectivity index (χ1v) is 7.84. The van der Waals surface area contributed by atoms with E-state index in [1.807, 2.05) is 31.2 Å². The number of amides is 2. The van der Waals surface area contributed by atoms with Gasteiger partial charge in [-0.15, -0.1) is 0 Å². The third-order valence-corrected chi connectivity index (χ3v) is 3.75. The summed E-state index contributed by atoms with van der Waals surface area (Å²) in [4.78, 5) is 25.4. The summed E-state index contributed by atoms with van der Waals surface area (Å²) >= 11 is 5.68. The van der Waals surface area contributed by atoms with Crippen LogP contribution >= 0.6 is 11.6 Å². The molecule has 0 fully saturated rings. The molecule has 0 aliphatic rings. The van der Waals surface area contributed by atoms with Gasteiger partial charge in [0, 0.05) is 31.3 Å². The Bertz CT molecular complexity index is 764. The van der Waals surface area contributed by atoms with E-state index in [0.717, 1.165) is 11.3 Å². The van der Waals surface area contributed by atoms with Crippen LogP contribution in [0.4, 0.5) is 15.8 Å². The van der Waals surface area contributed by atoms with Crippen LogP contribution < -0.4 is 10.2 Å². The van der Waals surface area contributed by atoms with E-state index < -0.39 is 5.82 Å². The molecule has 0 saturated heterocycles. The van der Waals surface area contributed by atoms with Crippen molar-refractivity contribution in [1.82, 2.24) is 0 Å². The molecule has 24 heavy (non-hydrogen) atoms. The Kier molecular flexibility index (Phi) is 5.93. The summed E-state index contributed by atoms with van der Waals surface area (Å²) < 4.78 is 13.1. The van der Waals surface area contributed by atoms with Gasteiger partial charge in [-0.05, 0) is 42.8 Å². The highest BCUT2D eigenvalue weighted by Gasteiger charge is 2.14. The first-order chi connectivity index (χ1) is 11.4. The van der Waals surface area contributed by atoms with Crippen LogP contribution in [0.15, 0.2) is 42.5 Å². The largest absolute Gasteiger partial charge is 0.326 e. The molecule has 0 aromatic heterocycles. The summed E-state index contributed by atoms with van der Waals surface area (Å²) in [6.07, 6.45) is 0.114. The fourth-order valence-electron chi connectivity index (χ4n) is 2.27. The van der Waals surface area contributed by atoms with Crippen molar-refractivity contribution in [2.75, 3.05) is 16.8 Å². The maximum atomic E-state index is 13.1. The van der Waals surface area contributed by atoms with Crippen molar-refractivity contribution in [3.63, 3.8) is 0 Å². The predicted molar refractivity (Wildman–Crippen MR) is 93.9 cm³/mol. The summed E-state index contributed by atoms with van der Waals surface area (Å²) in [6.45, 7) is 3.65. The van der Waals surface area contributed by atoms with Crippen molar-refractivity contribution in [3.05, 3.63) is 58.9 Å². The Morgan fingerprint density at radius 1 is 1.21 bits per heavy atom. The van der Waals surface area contributed by atoms with Gasteiger partial charge in [-0.1, -0.05) is 23.7 Å². The van der Waals surface area contributed by atoms with Crippen LogP contribution in [0, 0.1) is 12.7 Å². The first-order valence-electron chi connectivity index (χ1n) is 7.46. The van der Waals surface area contributed by atoms with Gasteiger partial charge in [-0.3, -0.25) is 9.59 Å². The average molecular weight is 349 g/mol. The number of aryl methyl sites for hydroxylation is 1. The highest BCUT2D eigenvalue weighted by molar-refractivity contribution is 6.31. The fourth-order valence-corrected chi connectivity index (χ4v) is 2.46. The number of carbonyl (C=O) groups is 2. The lowest BCUT2D eigenvalue weighted by atomic mass is 10.2. The van der Waals surface area contributed by atoms with E-state index in [2.05, 4.69) is 5.32 Å². The lowest BCUT2D eigenvalue weighted by molar-refractivity contribution is -0.117. The molecule has 0 radical (unpaired) electrons. The van der Waals surface area contributed by atoms with E-state index in [4.69, 9.17) is 11.6 Å². The Labute approximate surface area is 145 Å². The second kappa shape index (κ2) is 7.93. The molecule has 2 aromatic rings. The average Bonchev–Trinajstić information content (AvgIpc) is 2.51. The van der Waals surface area contributed by atoms with E-state index in [1.165, 1.54) is 25.1 Å². The highest BCUT2D eigenvalue weighted by atomic mass is 35.5. The summed E-state index contributed by atoms with van der Waals surface area (Å²) in [5.41, 5.74) is 2.20. The summed E-state index contributed by atoms with van der Waals surface area (Å²) in [5, 5.41) is 2.58. The Hall–Kier alpha value is -2.40. The Balaban J connectivity index is 2.00. The molecule has 1 N–H and O–H groups in total. The number of nitrogens with zero attached hydrogens (tertiary/aromatic N) is 1. The Morgan fingerprint density at radius 2 is 1.96 bits per heavy atom. The van der Waals surface area contributed by atoms with E-state index in [0.29, 0.717) is 5.69 Å². The number of anilines is 2. The van der Waals surface area contributed by atoms with E-state index in [1.54, 1.807) is 4.90 Å². The molecule has 6 heteroatoms. The van der Waals surface area contributed by atoms with Gasteiger partial charge in [0.2, 0.25) is 11.8 Å². The number of nitrogens with one attached hydrogen (secondary N) is 1. The molecule has 2 rings (SSSR count). The molecular formula is C18H18ClFN2O2. The van der Waals surface area contributed by atoms with Gasteiger partial charge < -0.3 is 10.2 Å². The van der Waals surface area contributed by atoms with Gasteiger partial charge in [0.25, 0.3) is 0 Å². The quantitative estimate of drug-likeness (QED) is 0.881. The summed E-state index contributed by atoms with van der Waals surface area (Å²) in [6, 6.07) is 11.5. The highest BCUT2D eigenvalue weighted by Crippen LogP contribution is 2.20. The zero-order chi connectivity index (χ0) is 17.7. The first kappa shape index (κ1) is 17.9. The maximum absolute atomic E-state index is 13.1. The second-order valence-electron chi connectivity index (χ2n) is 5.44. The van der Waals surface area contributed by atoms with Crippen LogP contribution in [-0.2, 0) is 9.59 Å². The van der Waals surface area contributed by atoms with Crippen molar-refractivity contribution in [1.29, 1.82) is 0 Å². The van der Waals surface area contributed by atoms with Gasteiger partial charge in [-0.25, -0.2) is 4.39 Å². The molecule has 4 nitrogen and oxygen atoms in total. The monoisotopic (exact) mass is 348 g/mol. The topological polar surface area (TPSA) is 49.4 Å². The van der Waals surface area contributed by atoms with Crippen LogP contribution in [-0.4, -0.2) is 18.4 Å². The molecule has 126 valence electrons. The normalized spacial score (nSPS) is 10.3. The molecule has 0 unspecified atom stereocenters. The van der Waals surface area contributed by atoms with Gasteiger partial charge >= 0.3 is 0 Å². The second-order valence-corrected chi connectivity index (χ2v) is 5.84. The third-order valence-electron chi connectivity index (χ3n) is 3.46. The third kappa shape index (κ3) is 4.80. The minimum atomic E-state index is -0.545. The fraction of sp³-hybridized carbons (Fsp3) is 0.222. The summed E-state index contributed by atoms with van der Waals surface area (Å²) in [7, 11) is 0. The van der Waals surface area contributed by atoms with Crippen LogP contribution in [0.25, 0.3) is 0 Å². The minimum absolute atomic E-state index is 0.0575. The van der Waals surface area contributed by atoms with E-state index in [9.17, 15) is 14.0 Å². The van der Waals surface area contributed by atoms with Crippen molar-refractivity contribution in [3.8, 4) is 0 Å². The number of hydrogen-bond acceptors (Lipinski definition) is 2. The number of carbonyl (C=O) groups excluding carboxylic acids is 2. The maximum Gasteiger partial charge on any atom is 0.226 e. The van der Waals surface area contributed by atoms with Gasteiger partial charge in [-0.2, -0.15) is 0 Å². The van der Waals surface area contributed by atoms with Crippen LogP contribution in [0.1, 0.15) is 18.9 Å². The molecule has 0 spiro atoms. The molecule has 0 saturated carbocycles. The molecule has 2 aromatic carbocycles. The smallest absolute Gasteiger partial charge is 0.226 e. The van der Waals surface area contributed by atoms with Crippen LogP contribution in [0.3, 0.4) is 0 Å². The van der Waals surface area contributed by atoms with Gasteiger partial charge in [0.1, 0.15) is 5.82 Å². The van der Waals surface area contributed by atoms with Crippen molar-refractivity contribution >= 4 is 34.8 Å². The lowest BCUT2D eigenvalue weighted by Crippen LogP contribution is -2.32. The zero-order valence-corrected chi connectivity index (χ0v) is 14.2. The van der Waals surface area contributed by atoms with Gasteiger partial charge in [0.15, 0.2) is 0 Å². The van der Waals surface area contributed by atoms with Crippen molar-refractivity contribution in [2.24, 2.45) is 0 Å². The number of benzene rings is 2. The van der Waals surface area contributed by atoms with Gasteiger partial charge in [0.05, 0.1) is 5.02 Å². The molecule has 0 bridgehead atoms. The number of rotatable bonds is 5. The number of halogens is 2. The molecule has 2 amide bonds. The lowest BCUT2D eigenvalue weighted by Gasteiger charge is -2.21. The predicted octanol–water partition coefficient (Wildman–Crippen LogP) is 4.17. The summed E-state index contributed by atoms with van der Waals surface area (Å²) in [5.74, 6) is -0.966. The zero-order valence-electron chi connectivity index (χ0n) is 13.5. The minimum Gasteiger partial charge on any atom is -0.326 e. The standard InChI is InChI=1S/C18H18ClFN2O2/c1-12-4-3-5-15(10-12)22(13(2)23)9-8-18(24)21-14-6-7-17(20)16(19)11-14/h3-7,10-11H,8-9H2,1-2H3,(H,21,24).